The van der Waals surface area contributed by atoms with Crippen LogP contribution in [0.5, 0.6) is 0 Å². The SMILES string of the molecule is Cc1cc(=O)c2c(C)ncnc2o1.Cc1cc(=O)c2nncc(C)c2o1.Cc1cc(C)c2c(=O)ncoc2n1.Cc1coc2c(C)ncnc2c1=O.Cc1coc2nncc(C)c2c1=O.Cc1ncc(C)c2c(=O)ncoc12. The van der Waals surface area contributed by atoms with Gasteiger partial charge >= 0.3 is 0 Å². The van der Waals surface area contributed by atoms with Crippen molar-refractivity contribution in [3.63, 3.8) is 0 Å². The second kappa shape index (κ2) is 24.0. The van der Waals surface area contributed by atoms with Crippen LogP contribution >= 0.6 is 0 Å². The fraction of sp³-hybridized carbons (Fsp3) is 0.222. The van der Waals surface area contributed by atoms with Crippen LogP contribution in [-0.2, 0) is 0 Å². The third-order valence-corrected chi connectivity index (χ3v) is 11.3. The molecule has 0 aliphatic heterocycles. The molecule has 0 saturated carbocycles. The predicted molar refractivity (Wildman–Crippen MR) is 285 cm³/mol. The molecule has 0 amide bonds. The lowest BCUT2D eigenvalue weighted by atomic mass is 10.2. The van der Waals surface area contributed by atoms with E-state index in [0.29, 0.717) is 106 Å². The van der Waals surface area contributed by atoms with Crippen LogP contribution in [0.1, 0.15) is 67.7 Å². The first kappa shape index (κ1) is 55.5. The summed E-state index contributed by atoms with van der Waals surface area (Å²) < 4.78 is 31.2. The molecule has 0 aliphatic carbocycles. The number of nitrogens with zero attached hydrogens (tertiary/aromatic N) is 12. The summed E-state index contributed by atoms with van der Waals surface area (Å²) in [6, 6.07) is 4.69. The average Bonchev–Trinajstić information content (AvgIpc) is 3.43. The zero-order valence-corrected chi connectivity index (χ0v) is 44.2. The van der Waals surface area contributed by atoms with Crippen LogP contribution in [0.25, 0.3) is 66.5 Å². The smallest absolute Gasteiger partial charge is 0.285 e. The molecule has 0 fully saturated rings. The largest absolute Gasteiger partial charge is 0.460 e. The van der Waals surface area contributed by atoms with E-state index in [-0.39, 0.29) is 32.8 Å². The molecule has 0 N–H and O–H groups in total. The Labute approximate surface area is 439 Å². The van der Waals surface area contributed by atoms with Crippen LogP contribution in [0.2, 0.25) is 0 Å². The van der Waals surface area contributed by atoms with Crippen LogP contribution in [0, 0.1) is 83.1 Å². The minimum Gasteiger partial charge on any atom is -0.460 e. The zero-order chi connectivity index (χ0) is 56.5. The molecule has 12 aromatic rings. The summed E-state index contributed by atoms with van der Waals surface area (Å²) in [5.41, 5.74) is 9.58. The summed E-state index contributed by atoms with van der Waals surface area (Å²) in [5.74, 6) is 1.16. The highest BCUT2D eigenvalue weighted by molar-refractivity contribution is 5.81. The summed E-state index contributed by atoms with van der Waals surface area (Å²) in [6.07, 6.45) is 12.6. The Bertz CT molecular complexity index is 4580. The van der Waals surface area contributed by atoms with E-state index in [1.807, 2.05) is 40.7 Å². The molecule has 0 radical (unpaired) electrons. The molecule has 12 heterocycles. The third-order valence-electron chi connectivity index (χ3n) is 11.3. The van der Waals surface area contributed by atoms with Gasteiger partial charge in [0.05, 0.1) is 52.8 Å². The Balaban J connectivity index is 0.000000136. The molecule has 0 aliphatic rings. The Morgan fingerprint density at radius 1 is 0.385 bits per heavy atom. The van der Waals surface area contributed by atoms with E-state index in [0.717, 1.165) is 40.7 Å². The molecule has 12 aromatic heterocycles. The van der Waals surface area contributed by atoms with Crippen LogP contribution in [0.15, 0.2) is 130 Å². The van der Waals surface area contributed by atoms with Crippen molar-refractivity contribution in [3.8, 4) is 0 Å². The lowest BCUT2D eigenvalue weighted by Crippen LogP contribution is -2.07. The molecule has 78 heavy (non-hydrogen) atoms. The van der Waals surface area contributed by atoms with Gasteiger partial charge in [-0.25, -0.2) is 24.9 Å². The van der Waals surface area contributed by atoms with Crippen LogP contribution < -0.4 is 32.8 Å². The number of fused-ring (bicyclic) bond motifs is 6. The van der Waals surface area contributed by atoms with Gasteiger partial charge in [-0.1, -0.05) is 0 Å². The molecule has 0 atom stereocenters. The van der Waals surface area contributed by atoms with Crippen molar-refractivity contribution in [1.29, 1.82) is 0 Å². The minimum absolute atomic E-state index is 0.0337. The number of aryl methyl sites for hydroxylation is 12. The fourth-order valence-electron chi connectivity index (χ4n) is 7.42. The van der Waals surface area contributed by atoms with E-state index >= 15 is 0 Å². The van der Waals surface area contributed by atoms with E-state index < -0.39 is 0 Å². The summed E-state index contributed by atoms with van der Waals surface area (Å²) in [7, 11) is 0. The maximum Gasteiger partial charge on any atom is 0.285 e. The number of rotatable bonds is 0. The molecule has 396 valence electrons. The van der Waals surface area contributed by atoms with E-state index in [9.17, 15) is 28.8 Å². The van der Waals surface area contributed by atoms with Gasteiger partial charge in [0.25, 0.3) is 11.1 Å². The van der Waals surface area contributed by atoms with Crippen molar-refractivity contribution >= 4 is 66.5 Å². The zero-order valence-electron chi connectivity index (χ0n) is 44.2. The van der Waals surface area contributed by atoms with Crippen LogP contribution in [-0.4, -0.2) is 60.3 Å². The first-order valence-corrected chi connectivity index (χ1v) is 23.4. The van der Waals surface area contributed by atoms with Gasteiger partial charge in [-0.2, -0.15) is 20.2 Å². The van der Waals surface area contributed by atoms with E-state index in [4.69, 9.17) is 26.5 Å². The molecule has 24 nitrogen and oxygen atoms in total. The first-order chi connectivity index (χ1) is 37.1. The normalized spacial score (nSPS) is 10.6. The number of hydrogen-bond acceptors (Lipinski definition) is 24. The highest BCUT2D eigenvalue weighted by Crippen LogP contribution is 2.17. The maximum atomic E-state index is 11.6. The maximum absolute atomic E-state index is 11.6. The van der Waals surface area contributed by atoms with Crippen LogP contribution in [0.3, 0.4) is 0 Å². The highest BCUT2D eigenvalue weighted by atomic mass is 16.4. The number of hydrogen-bond donors (Lipinski definition) is 0. The quantitative estimate of drug-likeness (QED) is 0.145. The molecular formula is C54H48N12O12. The van der Waals surface area contributed by atoms with Crippen molar-refractivity contribution in [2.75, 3.05) is 0 Å². The Morgan fingerprint density at radius 2 is 0.987 bits per heavy atom. The Kier molecular flexibility index (Phi) is 17.0. The van der Waals surface area contributed by atoms with Crippen molar-refractivity contribution in [2.45, 2.75) is 83.1 Å². The van der Waals surface area contributed by atoms with Gasteiger partial charge < -0.3 is 26.5 Å². The average molecular weight is 1060 g/mol. The van der Waals surface area contributed by atoms with Gasteiger partial charge in [0, 0.05) is 40.7 Å². The van der Waals surface area contributed by atoms with Gasteiger partial charge in [-0.15, -0.1) is 10.2 Å². The second-order valence-corrected chi connectivity index (χ2v) is 17.4. The lowest BCUT2D eigenvalue weighted by molar-refractivity contribution is 0.552. The standard InChI is InChI=1S/6C9H8N2O2/c1-5-4-10-11-8-7(12)3-6(2)13-9(5)8;1-5-3-13-9-6(2)10-4-11-7(9)8(5)12;1-5-3-10-6(2)8-7(5)9(12)11-4-13-8;1-5-3-7(12)8-6(2)10-4-11-9(8)13-5;1-5-3-10-11-9-7(5)8(12)6(2)4-13-9;1-5-3-6(2)11-9-7(5)8(12)10-4-13-9/h6*3-4H,1-2H3. The monoisotopic (exact) mass is 1060 g/mol. The number of aromatic nitrogens is 12. The summed E-state index contributed by atoms with van der Waals surface area (Å²) >= 11 is 0. The van der Waals surface area contributed by atoms with Crippen molar-refractivity contribution in [2.24, 2.45) is 0 Å². The molecular weight excluding hydrogens is 1010 g/mol. The predicted octanol–water partition coefficient (Wildman–Crippen LogP) is 7.20. The third kappa shape index (κ3) is 12.5. The Hall–Kier alpha value is -10.3. The van der Waals surface area contributed by atoms with Crippen LogP contribution in [0.4, 0.5) is 0 Å². The van der Waals surface area contributed by atoms with Crippen molar-refractivity contribution in [3.05, 3.63) is 204 Å². The number of pyridine rings is 2. The van der Waals surface area contributed by atoms with Gasteiger partial charge in [0.2, 0.25) is 28.0 Å². The lowest BCUT2D eigenvalue weighted by Gasteiger charge is -2.00. The summed E-state index contributed by atoms with van der Waals surface area (Å²) in [5, 5.41) is 16.8. The molecule has 0 saturated heterocycles. The molecule has 0 aromatic carbocycles. The minimum atomic E-state index is -0.286. The van der Waals surface area contributed by atoms with E-state index in [2.05, 4.69) is 60.3 Å². The first-order valence-electron chi connectivity index (χ1n) is 23.4. The molecule has 24 heteroatoms. The van der Waals surface area contributed by atoms with Gasteiger partial charge in [0.15, 0.2) is 51.4 Å². The fourth-order valence-corrected chi connectivity index (χ4v) is 7.42. The Morgan fingerprint density at radius 3 is 1.73 bits per heavy atom. The summed E-state index contributed by atoms with van der Waals surface area (Å²) in [6.45, 7) is 21.4. The van der Waals surface area contributed by atoms with E-state index in [1.165, 1.54) is 37.3 Å². The molecule has 0 spiro atoms. The molecule has 12 rings (SSSR count). The van der Waals surface area contributed by atoms with Crippen molar-refractivity contribution < 1.29 is 26.5 Å². The van der Waals surface area contributed by atoms with Gasteiger partial charge in [-0.05, 0) is 106 Å². The van der Waals surface area contributed by atoms with E-state index in [1.54, 1.807) is 67.1 Å². The summed E-state index contributed by atoms with van der Waals surface area (Å²) in [4.78, 5) is 99.6. The highest BCUT2D eigenvalue weighted by Gasteiger charge is 2.12. The van der Waals surface area contributed by atoms with Crippen molar-refractivity contribution in [1.82, 2.24) is 60.3 Å². The molecule has 0 bridgehead atoms. The van der Waals surface area contributed by atoms with Gasteiger partial charge in [0.1, 0.15) is 34.9 Å². The topological polar surface area (TPSA) is 336 Å². The molecule has 0 unspecified atom stereocenters. The van der Waals surface area contributed by atoms with Gasteiger partial charge in [-0.3, -0.25) is 33.8 Å². The second-order valence-electron chi connectivity index (χ2n) is 17.4.